The van der Waals surface area contributed by atoms with Crippen LogP contribution in [0, 0.1) is 6.92 Å². The number of nitrogens with one attached hydrogen (secondary N) is 1. The first-order valence-corrected chi connectivity index (χ1v) is 12.8. The van der Waals surface area contributed by atoms with Gasteiger partial charge in [0.05, 0.1) is 12.2 Å². The van der Waals surface area contributed by atoms with E-state index >= 15 is 0 Å². The third-order valence-electron chi connectivity index (χ3n) is 6.97. The van der Waals surface area contributed by atoms with Crippen molar-refractivity contribution in [3.8, 4) is 0 Å². The number of ether oxygens (including phenoxy) is 1. The summed E-state index contributed by atoms with van der Waals surface area (Å²) in [6, 6.07) is 4.13. The van der Waals surface area contributed by atoms with Gasteiger partial charge in [0, 0.05) is 44.5 Å². The maximum atomic E-state index is 13.7. The van der Waals surface area contributed by atoms with Crippen LogP contribution in [-0.4, -0.2) is 68.7 Å². The van der Waals surface area contributed by atoms with Crippen LogP contribution < -0.4 is 15.8 Å². The average Bonchev–Trinajstić information content (AvgIpc) is 3.38. The van der Waals surface area contributed by atoms with Gasteiger partial charge in [-0.15, -0.1) is 5.10 Å². The van der Waals surface area contributed by atoms with Crippen molar-refractivity contribution in [2.24, 2.45) is 0 Å². The van der Waals surface area contributed by atoms with Crippen molar-refractivity contribution >= 4 is 34.7 Å². The van der Waals surface area contributed by atoms with E-state index in [0.29, 0.717) is 49.9 Å². The van der Waals surface area contributed by atoms with Gasteiger partial charge in [0.25, 0.3) is 5.56 Å². The molecule has 0 spiro atoms. The highest BCUT2D eigenvalue weighted by Gasteiger charge is 2.30. The fraction of sp³-hybridized carbons (Fsp3) is 0.423. The number of nitrogens with zero attached hydrogens (tertiary/aromatic N) is 6. The number of alkyl halides is 3. The molecule has 1 fully saturated rings. The number of rotatable bonds is 5. The Bertz CT molecular complexity index is 1530. The van der Waals surface area contributed by atoms with Gasteiger partial charge in [0.15, 0.2) is 5.76 Å². The second-order valence-corrected chi connectivity index (χ2v) is 9.65. The van der Waals surface area contributed by atoms with Crippen molar-refractivity contribution in [3.05, 3.63) is 57.8 Å². The number of hydrogen-bond acceptors (Lipinski definition) is 7. The summed E-state index contributed by atoms with van der Waals surface area (Å²) in [5.41, 5.74) is -0.260. The van der Waals surface area contributed by atoms with E-state index in [1.54, 1.807) is 16.4 Å². The molecule has 1 aromatic carbocycles. The number of halogens is 3. The van der Waals surface area contributed by atoms with Crippen LogP contribution in [0.25, 0.3) is 11.5 Å². The molecule has 3 aromatic rings. The molecule has 0 aliphatic carbocycles. The van der Waals surface area contributed by atoms with E-state index in [1.165, 1.54) is 19.1 Å². The second kappa shape index (κ2) is 10.7. The summed E-state index contributed by atoms with van der Waals surface area (Å²) in [7, 11) is 0. The smallest absolute Gasteiger partial charge is 0.416 e. The summed E-state index contributed by atoms with van der Waals surface area (Å²) in [6.45, 7) is 5.09. The van der Waals surface area contributed by atoms with Crippen molar-refractivity contribution in [2.75, 3.05) is 43.0 Å². The topological polar surface area (TPSA) is 114 Å². The Morgan fingerprint density at radius 1 is 1.10 bits per heavy atom. The first kappa shape index (κ1) is 27.2. The van der Waals surface area contributed by atoms with E-state index in [2.05, 4.69) is 15.4 Å². The molecule has 0 radical (unpaired) electrons. The number of carbonyl (C=O) groups is 2. The number of carbonyl (C=O) groups excluding carboxylic acids is 2. The number of aromatic nitrogens is 4. The summed E-state index contributed by atoms with van der Waals surface area (Å²) >= 11 is 0. The Balaban J connectivity index is 1.51. The number of piperazine rings is 1. The van der Waals surface area contributed by atoms with Crippen LogP contribution in [0.5, 0.6) is 0 Å². The van der Waals surface area contributed by atoms with Crippen molar-refractivity contribution in [3.63, 3.8) is 0 Å². The first-order chi connectivity index (χ1) is 19.0. The molecule has 5 rings (SSSR count). The normalized spacial score (nSPS) is 16.1. The molecule has 4 heterocycles. The quantitative estimate of drug-likeness (QED) is 0.511. The molecule has 212 valence electrons. The molecular weight excluding hydrogens is 531 g/mol. The van der Waals surface area contributed by atoms with E-state index in [4.69, 9.17) is 4.74 Å². The third kappa shape index (κ3) is 5.38. The van der Waals surface area contributed by atoms with E-state index in [9.17, 15) is 27.6 Å². The maximum Gasteiger partial charge on any atom is 0.416 e. The number of amides is 2. The minimum Gasteiger partial charge on any atom is -0.490 e. The van der Waals surface area contributed by atoms with Crippen LogP contribution in [0.4, 0.5) is 24.5 Å². The molecule has 2 aromatic heterocycles. The molecular formula is C26H28F3N7O4. The molecule has 40 heavy (non-hydrogen) atoms. The minimum atomic E-state index is -4.49. The highest BCUT2D eigenvalue weighted by atomic mass is 19.4. The zero-order valence-corrected chi connectivity index (χ0v) is 22.0. The summed E-state index contributed by atoms with van der Waals surface area (Å²) in [5.74, 6) is 0.210. The van der Waals surface area contributed by atoms with Gasteiger partial charge in [-0.05, 0) is 50.1 Å². The van der Waals surface area contributed by atoms with Gasteiger partial charge in [0.2, 0.25) is 23.4 Å². The number of hydrogen-bond donors (Lipinski definition) is 1. The first-order valence-electron chi connectivity index (χ1n) is 12.8. The van der Waals surface area contributed by atoms with E-state index in [-0.39, 0.29) is 29.7 Å². The molecule has 11 nitrogen and oxygen atoms in total. The molecule has 2 amide bonds. The zero-order valence-electron chi connectivity index (χ0n) is 22.0. The Morgan fingerprint density at radius 3 is 2.40 bits per heavy atom. The van der Waals surface area contributed by atoms with Crippen LogP contribution in [0.3, 0.4) is 0 Å². The third-order valence-corrected chi connectivity index (χ3v) is 6.97. The van der Waals surface area contributed by atoms with Crippen molar-refractivity contribution in [1.82, 2.24) is 24.1 Å². The fourth-order valence-corrected chi connectivity index (χ4v) is 4.85. The Morgan fingerprint density at radius 2 is 1.80 bits per heavy atom. The largest absolute Gasteiger partial charge is 0.490 e. The summed E-state index contributed by atoms with van der Waals surface area (Å²) in [6.07, 6.45) is -1.02. The number of allylic oxidation sites excluding steroid dienone is 1. The van der Waals surface area contributed by atoms with Gasteiger partial charge in [-0.2, -0.15) is 22.7 Å². The number of fused-ring (bicyclic) bond motifs is 1. The molecule has 2 aliphatic rings. The molecule has 0 unspecified atom stereocenters. The van der Waals surface area contributed by atoms with E-state index in [1.807, 2.05) is 11.0 Å². The van der Waals surface area contributed by atoms with Gasteiger partial charge in [-0.3, -0.25) is 14.4 Å². The van der Waals surface area contributed by atoms with Crippen LogP contribution in [0.15, 0.2) is 35.1 Å². The lowest BCUT2D eigenvalue weighted by Crippen LogP contribution is -2.50. The summed E-state index contributed by atoms with van der Waals surface area (Å²) in [5, 5.41) is 7.02. The lowest BCUT2D eigenvalue weighted by molar-refractivity contribution is -0.137. The molecule has 1 saturated heterocycles. The molecule has 0 bridgehead atoms. The van der Waals surface area contributed by atoms with Gasteiger partial charge in [-0.1, -0.05) is 0 Å². The predicted octanol–water partition coefficient (Wildman–Crippen LogP) is 2.68. The van der Waals surface area contributed by atoms with Crippen molar-refractivity contribution in [2.45, 2.75) is 39.4 Å². The Kier molecular flexibility index (Phi) is 7.25. The van der Waals surface area contributed by atoms with Gasteiger partial charge < -0.3 is 24.4 Å². The lowest BCUT2D eigenvalue weighted by Gasteiger charge is -2.36. The minimum absolute atomic E-state index is 0.0501. The van der Waals surface area contributed by atoms with Crippen LogP contribution in [-0.2, 0) is 27.0 Å². The van der Waals surface area contributed by atoms with Crippen LogP contribution in [0.2, 0.25) is 0 Å². The van der Waals surface area contributed by atoms with Gasteiger partial charge in [0.1, 0.15) is 12.2 Å². The molecule has 14 heteroatoms. The Labute approximate surface area is 226 Å². The summed E-state index contributed by atoms with van der Waals surface area (Å²) in [4.78, 5) is 46.6. The average molecular weight is 560 g/mol. The van der Waals surface area contributed by atoms with Gasteiger partial charge >= 0.3 is 6.18 Å². The van der Waals surface area contributed by atoms with Crippen LogP contribution in [0.1, 0.15) is 36.8 Å². The van der Waals surface area contributed by atoms with Crippen molar-refractivity contribution < 1.29 is 27.5 Å². The molecule has 1 N–H and O–H groups in total. The monoisotopic (exact) mass is 559 g/mol. The maximum absolute atomic E-state index is 13.7. The predicted molar refractivity (Wildman–Crippen MR) is 140 cm³/mol. The highest BCUT2D eigenvalue weighted by molar-refractivity contribution is 5.91. The molecule has 0 atom stereocenters. The zero-order chi connectivity index (χ0) is 28.6. The number of benzene rings is 1. The fourth-order valence-electron chi connectivity index (χ4n) is 4.85. The van der Waals surface area contributed by atoms with E-state index < -0.39 is 23.2 Å². The number of anilines is 2. The summed E-state index contributed by atoms with van der Waals surface area (Å²) < 4.78 is 47.1. The molecule has 0 saturated carbocycles. The molecule has 2 aliphatic heterocycles. The highest BCUT2D eigenvalue weighted by Crippen LogP contribution is 2.30. The van der Waals surface area contributed by atoms with Gasteiger partial charge in [-0.25, -0.2) is 0 Å². The lowest BCUT2D eigenvalue weighted by atomic mass is 10.2. The second-order valence-electron chi connectivity index (χ2n) is 9.65. The SMILES string of the molecule is CC(=O)N1CCN(c2c(C)n(CC(=O)Nc3ccc(C(F)(F)F)cc3)c3nc(C4=CCCCO4)nn3c2=O)CC1. The Hall–Kier alpha value is -4.36. The standard InChI is InChI=1S/C26H28F3N7O4/c1-16-22(34-12-10-33(11-13-34)17(2)37)24(39)36-25(31-23(32-36)20-5-3-4-14-40-20)35(16)15-21(38)30-19-8-6-18(7-9-19)26(27,28)29/h5-9H,3-4,10-15H2,1-2H3,(H,30,38). The van der Waals surface area contributed by atoms with E-state index in [0.717, 1.165) is 29.5 Å². The van der Waals surface area contributed by atoms with Crippen LogP contribution >= 0.6 is 0 Å². The van der Waals surface area contributed by atoms with Crippen molar-refractivity contribution in [1.29, 1.82) is 0 Å².